The molecule has 2 rings (SSSR count). The molecule has 0 spiro atoms. The highest BCUT2D eigenvalue weighted by atomic mass is 32.2. The summed E-state index contributed by atoms with van der Waals surface area (Å²) in [6.07, 6.45) is 3.03. The molecular formula is C18H21NO5S2. The zero-order chi connectivity index (χ0) is 19.3. The van der Waals surface area contributed by atoms with Crippen molar-refractivity contribution < 1.29 is 22.7 Å². The van der Waals surface area contributed by atoms with Crippen molar-refractivity contribution in [2.24, 2.45) is 0 Å². The summed E-state index contributed by atoms with van der Waals surface area (Å²) in [5, 5.41) is 0. The Morgan fingerprint density at radius 2 is 1.92 bits per heavy atom. The van der Waals surface area contributed by atoms with Gasteiger partial charge < -0.3 is 9.47 Å². The maximum atomic E-state index is 12.3. The number of esters is 1. The Hall–Kier alpha value is -2.19. The van der Waals surface area contributed by atoms with Gasteiger partial charge >= 0.3 is 5.97 Å². The highest BCUT2D eigenvalue weighted by Crippen LogP contribution is 2.31. The zero-order valence-corrected chi connectivity index (χ0v) is 16.7. The van der Waals surface area contributed by atoms with Crippen molar-refractivity contribution >= 4 is 33.4 Å². The van der Waals surface area contributed by atoms with E-state index in [0.29, 0.717) is 11.5 Å². The summed E-state index contributed by atoms with van der Waals surface area (Å²) in [7, 11) is -3.46. The Morgan fingerprint density at radius 1 is 1.19 bits per heavy atom. The number of benzene rings is 2. The number of sulfonamides is 1. The summed E-state index contributed by atoms with van der Waals surface area (Å²) >= 11 is 1.64. The van der Waals surface area contributed by atoms with E-state index in [1.54, 1.807) is 18.7 Å². The molecule has 0 saturated heterocycles. The molecule has 0 aliphatic heterocycles. The molecule has 8 heteroatoms. The number of hydrogen-bond acceptors (Lipinski definition) is 6. The van der Waals surface area contributed by atoms with E-state index in [4.69, 9.17) is 9.47 Å². The van der Waals surface area contributed by atoms with Gasteiger partial charge in [0, 0.05) is 10.6 Å². The highest BCUT2D eigenvalue weighted by Gasteiger charge is 2.17. The number of ether oxygens (including phenoxy) is 2. The predicted molar refractivity (Wildman–Crippen MR) is 104 cm³/mol. The van der Waals surface area contributed by atoms with E-state index in [-0.39, 0.29) is 17.9 Å². The van der Waals surface area contributed by atoms with E-state index < -0.39 is 16.0 Å². The molecule has 0 atom stereocenters. The molecule has 0 amide bonds. The Balaban J connectivity index is 2.39. The van der Waals surface area contributed by atoms with Gasteiger partial charge in [0.15, 0.2) is 0 Å². The van der Waals surface area contributed by atoms with Gasteiger partial charge in [0.2, 0.25) is 10.0 Å². The molecule has 0 aliphatic rings. The van der Waals surface area contributed by atoms with Crippen LogP contribution in [0.5, 0.6) is 11.5 Å². The van der Waals surface area contributed by atoms with Crippen LogP contribution in [0, 0.1) is 6.92 Å². The van der Waals surface area contributed by atoms with Crippen LogP contribution in [-0.4, -0.2) is 33.5 Å². The van der Waals surface area contributed by atoms with Crippen LogP contribution >= 0.6 is 11.8 Å². The van der Waals surface area contributed by atoms with Gasteiger partial charge in [-0.3, -0.25) is 4.72 Å². The maximum Gasteiger partial charge on any atom is 0.342 e. The first-order chi connectivity index (χ1) is 12.2. The number of nitrogens with one attached hydrogen (secondary N) is 1. The molecule has 0 unspecified atom stereocenters. The fraction of sp³-hybridized carbons (Fsp3) is 0.278. The monoisotopic (exact) mass is 395 g/mol. The molecule has 0 radical (unpaired) electrons. The Bertz CT molecular complexity index is 910. The maximum absolute atomic E-state index is 12.3. The quantitative estimate of drug-likeness (QED) is 0.562. The van der Waals surface area contributed by atoms with Gasteiger partial charge in [-0.1, -0.05) is 0 Å². The number of carbonyl (C=O) groups excluding carboxylic acids is 1. The summed E-state index contributed by atoms with van der Waals surface area (Å²) in [6, 6.07) is 10.1. The molecule has 0 bridgehead atoms. The molecule has 2 aromatic rings. The van der Waals surface area contributed by atoms with Gasteiger partial charge in [-0.15, -0.1) is 11.8 Å². The lowest BCUT2D eigenvalue weighted by Gasteiger charge is -2.14. The highest BCUT2D eigenvalue weighted by molar-refractivity contribution is 7.98. The van der Waals surface area contributed by atoms with Crippen LogP contribution in [0.2, 0.25) is 0 Å². The van der Waals surface area contributed by atoms with Crippen LogP contribution in [0.1, 0.15) is 22.8 Å². The summed E-state index contributed by atoms with van der Waals surface area (Å²) in [5.41, 5.74) is 1.46. The molecule has 0 saturated carbocycles. The van der Waals surface area contributed by atoms with Crippen molar-refractivity contribution in [2.45, 2.75) is 18.7 Å². The standard InChI is InChI=1S/C18H21NO5S2/c1-5-23-18(20)15-11-13(19-26(4,21)22)6-8-16(15)24-14-7-9-17(25-3)12(2)10-14/h6-11,19H,5H2,1-4H3. The van der Waals surface area contributed by atoms with Crippen LogP contribution in [-0.2, 0) is 14.8 Å². The van der Waals surface area contributed by atoms with Crippen molar-refractivity contribution in [1.82, 2.24) is 0 Å². The Morgan fingerprint density at radius 3 is 2.50 bits per heavy atom. The largest absolute Gasteiger partial charge is 0.462 e. The first kappa shape index (κ1) is 20.1. The van der Waals surface area contributed by atoms with Gasteiger partial charge in [-0.25, -0.2) is 13.2 Å². The molecule has 140 valence electrons. The van der Waals surface area contributed by atoms with Gasteiger partial charge in [0.05, 0.1) is 12.9 Å². The topological polar surface area (TPSA) is 81.7 Å². The number of carbonyl (C=O) groups is 1. The summed E-state index contributed by atoms with van der Waals surface area (Å²) < 4.78 is 36.1. The molecule has 2 aromatic carbocycles. The fourth-order valence-electron chi connectivity index (χ4n) is 2.31. The first-order valence-corrected chi connectivity index (χ1v) is 11.0. The Kier molecular flexibility index (Phi) is 6.55. The minimum Gasteiger partial charge on any atom is -0.462 e. The van der Waals surface area contributed by atoms with Gasteiger partial charge in [0.1, 0.15) is 17.1 Å². The minimum absolute atomic E-state index is 0.145. The molecule has 0 heterocycles. The van der Waals surface area contributed by atoms with E-state index in [9.17, 15) is 13.2 Å². The minimum atomic E-state index is -3.46. The molecule has 1 N–H and O–H groups in total. The van der Waals surface area contributed by atoms with Crippen LogP contribution in [0.4, 0.5) is 5.69 Å². The first-order valence-electron chi connectivity index (χ1n) is 7.85. The molecular weight excluding hydrogens is 374 g/mol. The second-order valence-electron chi connectivity index (χ2n) is 5.54. The van der Waals surface area contributed by atoms with Crippen molar-refractivity contribution in [3.05, 3.63) is 47.5 Å². The average molecular weight is 396 g/mol. The van der Waals surface area contributed by atoms with E-state index >= 15 is 0 Å². The van der Waals surface area contributed by atoms with Crippen molar-refractivity contribution in [3.8, 4) is 11.5 Å². The third-order valence-corrected chi connectivity index (χ3v) is 4.88. The van der Waals surface area contributed by atoms with E-state index in [0.717, 1.165) is 16.7 Å². The average Bonchev–Trinajstić information content (AvgIpc) is 2.55. The summed E-state index contributed by atoms with van der Waals surface area (Å²) in [6.45, 7) is 3.87. The zero-order valence-electron chi connectivity index (χ0n) is 15.0. The summed E-state index contributed by atoms with van der Waals surface area (Å²) in [5.74, 6) is 0.283. The third kappa shape index (κ3) is 5.40. The van der Waals surface area contributed by atoms with Crippen LogP contribution in [0.3, 0.4) is 0 Å². The van der Waals surface area contributed by atoms with Crippen molar-refractivity contribution in [3.63, 3.8) is 0 Å². The molecule has 0 aromatic heterocycles. The third-order valence-electron chi connectivity index (χ3n) is 3.37. The molecule has 0 aliphatic carbocycles. The van der Waals surface area contributed by atoms with Crippen LogP contribution in [0.25, 0.3) is 0 Å². The van der Waals surface area contributed by atoms with E-state index in [1.807, 2.05) is 31.4 Å². The van der Waals surface area contributed by atoms with Gasteiger partial charge in [-0.05, 0) is 62.1 Å². The van der Waals surface area contributed by atoms with Gasteiger partial charge in [0.25, 0.3) is 0 Å². The lowest BCUT2D eigenvalue weighted by atomic mass is 10.1. The van der Waals surface area contributed by atoms with Gasteiger partial charge in [-0.2, -0.15) is 0 Å². The lowest BCUT2D eigenvalue weighted by Crippen LogP contribution is -2.12. The Labute approximate surface area is 158 Å². The van der Waals surface area contributed by atoms with Crippen molar-refractivity contribution in [1.29, 1.82) is 0 Å². The van der Waals surface area contributed by atoms with E-state index in [2.05, 4.69) is 4.72 Å². The number of hydrogen-bond donors (Lipinski definition) is 1. The normalized spacial score (nSPS) is 11.1. The predicted octanol–water partition coefficient (Wildman–Crippen LogP) is 4.06. The molecule has 0 fully saturated rings. The fourth-order valence-corrected chi connectivity index (χ4v) is 3.45. The molecule has 6 nitrogen and oxygen atoms in total. The number of rotatable bonds is 7. The van der Waals surface area contributed by atoms with E-state index in [1.165, 1.54) is 18.2 Å². The SMILES string of the molecule is CCOC(=O)c1cc(NS(C)(=O)=O)ccc1Oc1ccc(SC)c(C)c1. The number of thioether (sulfide) groups is 1. The van der Waals surface area contributed by atoms with Crippen LogP contribution in [0.15, 0.2) is 41.3 Å². The second-order valence-corrected chi connectivity index (χ2v) is 8.14. The van der Waals surface area contributed by atoms with Crippen LogP contribution < -0.4 is 9.46 Å². The van der Waals surface area contributed by atoms with Crippen molar-refractivity contribution in [2.75, 3.05) is 23.8 Å². The molecule has 26 heavy (non-hydrogen) atoms. The summed E-state index contributed by atoms with van der Waals surface area (Å²) in [4.78, 5) is 13.4. The number of aryl methyl sites for hydroxylation is 1. The smallest absolute Gasteiger partial charge is 0.342 e. The lowest BCUT2D eigenvalue weighted by molar-refractivity contribution is 0.0523. The second kappa shape index (κ2) is 8.46. The number of anilines is 1.